The standard InChI is InChI=1S/C24H41B2F3/c1-7-9-11-12-14-23(6,13-10-8-2)16-17-18(22(3,4)5)15-19(24(27,28)29)21(26)20(17)25/h15H,7-14,16,25-26H2,1-6H3. The molecule has 164 valence electrons. The maximum atomic E-state index is 13.7. The fraction of sp³-hybridized carbons (Fsp3) is 0.750. The molecule has 0 aliphatic carbocycles. The number of unbranched alkanes of at least 4 members (excludes halogenated alkanes) is 4. The van der Waals surface area contributed by atoms with Crippen molar-refractivity contribution < 1.29 is 13.2 Å². The number of rotatable bonds is 10. The third-order valence-electron chi connectivity index (χ3n) is 6.52. The van der Waals surface area contributed by atoms with Gasteiger partial charge in [0, 0.05) is 5.56 Å². The van der Waals surface area contributed by atoms with E-state index in [2.05, 4.69) is 20.8 Å². The van der Waals surface area contributed by atoms with Crippen LogP contribution in [0.4, 0.5) is 13.2 Å². The Bertz CT molecular complexity index is 660. The first kappa shape index (κ1) is 26.2. The van der Waals surface area contributed by atoms with Crippen molar-refractivity contribution in [2.75, 3.05) is 0 Å². The normalized spacial score (nSPS) is 14.8. The molecule has 0 N–H and O–H groups in total. The van der Waals surface area contributed by atoms with Crippen molar-refractivity contribution in [2.45, 2.75) is 111 Å². The van der Waals surface area contributed by atoms with Gasteiger partial charge in [0.15, 0.2) is 0 Å². The molecule has 5 heteroatoms. The minimum absolute atomic E-state index is 0.140. The van der Waals surface area contributed by atoms with E-state index < -0.39 is 11.7 Å². The molecular formula is C24H41B2F3. The van der Waals surface area contributed by atoms with Crippen LogP contribution in [0.5, 0.6) is 0 Å². The van der Waals surface area contributed by atoms with Crippen molar-refractivity contribution in [2.24, 2.45) is 5.41 Å². The molecule has 0 saturated heterocycles. The van der Waals surface area contributed by atoms with Crippen LogP contribution in [0.25, 0.3) is 0 Å². The zero-order valence-electron chi connectivity index (χ0n) is 20.1. The van der Waals surface area contributed by atoms with Crippen molar-refractivity contribution in [3.63, 3.8) is 0 Å². The Morgan fingerprint density at radius 1 is 0.759 bits per heavy atom. The van der Waals surface area contributed by atoms with Gasteiger partial charge in [0.2, 0.25) is 0 Å². The number of hydrogen-bond acceptors (Lipinski definition) is 0. The number of halogens is 3. The van der Waals surface area contributed by atoms with Crippen molar-refractivity contribution in [1.29, 1.82) is 0 Å². The molecule has 1 atom stereocenters. The summed E-state index contributed by atoms with van der Waals surface area (Å²) in [6.07, 6.45) is 6.11. The van der Waals surface area contributed by atoms with Gasteiger partial charge in [0.1, 0.15) is 15.7 Å². The number of alkyl halides is 3. The Kier molecular flexibility index (Phi) is 9.43. The minimum atomic E-state index is -4.31. The van der Waals surface area contributed by atoms with Crippen molar-refractivity contribution in [3.05, 3.63) is 22.8 Å². The summed E-state index contributed by atoms with van der Waals surface area (Å²) in [7, 11) is 3.53. The lowest BCUT2D eigenvalue weighted by Crippen LogP contribution is -2.40. The molecule has 0 fully saturated rings. The number of hydrogen-bond donors (Lipinski definition) is 0. The van der Waals surface area contributed by atoms with Crippen molar-refractivity contribution in [1.82, 2.24) is 0 Å². The average Bonchev–Trinajstić information content (AvgIpc) is 2.59. The molecule has 0 bridgehead atoms. The van der Waals surface area contributed by atoms with Gasteiger partial charge in [-0.2, -0.15) is 13.2 Å². The lowest BCUT2D eigenvalue weighted by atomic mass is 9.65. The third-order valence-corrected chi connectivity index (χ3v) is 6.52. The molecular weight excluding hydrogens is 367 g/mol. The molecule has 0 aliphatic rings. The van der Waals surface area contributed by atoms with E-state index in [1.807, 2.05) is 28.6 Å². The van der Waals surface area contributed by atoms with Crippen LogP contribution in [-0.2, 0) is 18.0 Å². The first-order chi connectivity index (χ1) is 13.3. The first-order valence-electron chi connectivity index (χ1n) is 11.5. The highest BCUT2D eigenvalue weighted by molar-refractivity contribution is 6.50. The minimum Gasteiger partial charge on any atom is -0.166 e. The van der Waals surface area contributed by atoms with Gasteiger partial charge in [-0.1, -0.05) is 96.6 Å². The summed E-state index contributed by atoms with van der Waals surface area (Å²) in [6, 6.07) is 1.44. The molecule has 0 nitrogen and oxygen atoms in total. The average molecular weight is 408 g/mol. The Balaban J connectivity index is 3.42. The van der Waals surface area contributed by atoms with Gasteiger partial charge in [-0.15, -0.1) is 0 Å². The van der Waals surface area contributed by atoms with Crippen LogP contribution in [0, 0.1) is 5.41 Å². The predicted octanol–water partition coefficient (Wildman–Crippen LogP) is 5.23. The van der Waals surface area contributed by atoms with Gasteiger partial charge in [-0.25, -0.2) is 0 Å². The largest absolute Gasteiger partial charge is 0.415 e. The topological polar surface area (TPSA) is 0 Å². The fourth-order valence-electron chi connectivity index (χ4n) is 4.47. The van der Waals surface area contributed by atoms with E-state index >= 15 is 0 Å². The maximum absolute atomic E-state index is 13.7. The molecule has 1 aromatic carbocycles. The van der Waals surface area contributed by atoms with Crippen LogP contribution in [0.1, 0.15) is 110 Å². The number of benzene rings is 1. The van der Waals surface area contributed by atoms with E-state index in [-0.39, 0.29) is 10.8 Å². The molecule has 1 rings (SSSR count). The van der Waals surface area contributed by atoms with Gasteiger partial charge >= 0.3 is 6.18 Å². The van der Waals surface area contributed by atoms with Crippen LogP contribution in [0.15, 0.2) is 6.07 Å². The highest BCUT2D eigenvalue weighted by Crippen LogP contribution is 2.39. The summed E-state index contributed by atoms with van der Waals surface area (Å²) >= 11 is 0. The van der Waals surface area contributed by atoms with Crippen LogP contribution < -0.4 is 10.9 Å². The second kappa shape index (κ2) is 10.4. The third kappa shape index (κ3) is 7.40. The van der Waals surface area contributed by atoms with E-state index in [0.717, 1.165) is 42.3 Å². The molecule has 0 aliphatic heterocycles. The summed E-state index contributed by atoms with van der Waals surface area (Å²) in [6.45, 7) is 12.9. The Hall–Kier alpha value is -0.860. The molecule has 1 aromatic rings. The molecule has 0 aromatic heterocycles. The van der Waals surface area contributed by atoms with E-state index in [9.17, 15) is 13.2 Å². The van der Waals surface area contributed by atoms with E-state index in [1.54, 1.807) is 7.85 Å². The molecule has 0 spiro atoms. The molecule has 0 radical (unpaired) electrons. The fourth-order valence-corrected chi connectivity index (χ4v) is 4.47. The van der Waals surface area contributed by atoms with Crippen molar-refractivity contribution >= 4 is 26.6 Å². The van der Waals surface area contributed by atoms with Gasteiger partial charge in [-0.05, 0) is 41.7 Å². The predicted molar refractivity (Wildman–Crippen MR) is 127 cm³/mol. The second-order valence-electron chi connectivity index (χ2n) is 10.3. The lowest BCUT2D eigenvalue weighted by Gasteiger charge is -2.35. The molecule has 0 saturated carbocycles. The highest BCUT2D eigenvalue weighted by Gasteiger charge is 2.36. The molecule has 29 heavy (non-hydrogen) atoms. The molecule has 0 heterocycles. The summed E-state index contributed by atoms with van der Waals surface area (Å²) in [5, 5.41) is 0. The zero-order chi connectivity index (χ0) is 22.5. The van der Waals surface area contributed by atoms with Gasteiger partial charge in [0.25, 0.3) is 0 Å². The van der Waals surface area contributed by atoms with Gasteiger partial charge in [0.05, 0.1) is 0 Å². The van der Waals surface area contributed by atoms with E-state index in [1.165, 1.54) is 38.2 Å². The van der Waals surface area contributed by atoms with Crippen LogP contribution in [-0.4, -0.2) is 15.7 Å². The molecule has 1 unspecified atom stereocenters. The molecule has 0 amide bonds. The second-order valence-corrected chi connectivity index (χ2v) is 10.3. The van der Waals surface area contributed by atoms with E-state index in [0.29, 0.717) is 5.46 Å². The van der Waals surface area contributed by atoms with Gasteiger partial charge in [-0.3, -0.25) is 0 Å². The van der Waals surface area contributed by atoms with Crippen LogP contribution in [0.2, 0.25) is 0 Å². The van der Waals surface area contributed by atoms with Crippen LogP contribution >= 0.6 is 0 Å². The highest BCUT2D eigenvalue weighted by atomic mass is 19.4. The maximum Gasteiger partial charge on any atom is 0.415 e. The van der Waals surface area contributed by atoms with E-state index in [4.69, 9.17) is 0 Å². The summed E-state index contributed by atoms with van der Waals surface area (Å²) in [5.41, 5.74) is 2.59. The first-order valence-corrected chi connectivity index (χ1v) is 11.5. The summed E-state index contributed by atoms with van der Waals surface area (Å²) in [5.74, 6) is 0. The zero-order valence-corrected chi connectivity index (χ0v) is 20.1. The smallest absolute Gasteiger partial charge is 0.166 e. The monoisotopic (exact) mass is 408 g/mol. The van der Waals surface area contributed by atoms with Crippen molar-refractivity contribution in [3.8, 4) is 0 Å². The van der Waals surface area contributed by atoms with Gasteiger partial charge < -0.3 is 0 Å². The SMILES string of the molecule is Bc1c(C(F)(F)F)cc(C(C)(C)C)c(CC(C)(CCCC)CCCCCC)c1B. The Labute approximate surface area is 179 Å². The summed E-state index contributed by atoms with van der Waals surface area (Å²) in [4.78, 5) is 0. The van der Waals surface area contributed by atoms with Crippen LogP contribution in [0.3, 0.4) is 0 Å². The summed E-state index contributed by atoms with van der Waals surface area (Å²) < 4.78 is 41.0. The quantitative estimate of drug-likeness (QED) is 0.368. The lowest BCUT2D eigenvalue weighted by molar-refractivity contribution is -0.136. The Morgan fingerprint density at radius 2 is 1.31 bits per heavy atom. The Morgan fingerprint density at radius 3 is 1.79 bits per heavy atom.